The van der Waals surface area contributed by atoms with E-state index in [4.69, 9.17) is 16.3 Å². The summed E-state index contributed by atoms with van der Waals surface area (Å²) in [6.07, 6.45) is 0. The van der Waals surface area contributed by atoms with E-state index in [1.165, 1.54) is 0 Å². The van der Waals surface area contributed by atoms with Gasteiger partial charge in [-0.05, 0) is 24.3 Å². The van der Waals surface area contributed by atoms with E-state index in [0.717, 1.165) is 0 Å². The van der Waals surface area contributed by atoms with Crippen molar-refractivity contribution in [3.05, 3.63) is 94.0 Å². The van der Waals surface area contributed by atoms with Crippen LogP contribution in [-0.4, -0.2) is 11.6 Å². The van der Waals surface area contributed by atoms with Gasteiger partial charge >= 0.3 is 0 Å². The van der Waals surface area contributed by atoms with Crippen LogP contribution < -0.4 is 4.74 Å². The lowest BCUT2D eigenvalue weighted by molar-refractivity contribution is 0.0977. The minimum atomic E-state index is -0.260. The molecule has 1 aliphatic rings. The predicted molar refractivity (Wildman–Crippen MR) is 91.3 cm³/mol. The van der Waals surface area contributed by atoms with E-state index in [0.29, 0.717) is 22.6 Å². The van der Waals surface area contributed by atoms with Gasteiger partial charge in [0.2, 0.25) is 0 Å². The molecule has 3 nitrogen and oxygen atoms in total. The SMILES string of the molecule is O=C1c2cccc(Oc3ccccc3)c2C(=O)c2cccc(Cl)c21. The second-order valence-corrected chi connectivity index (χ2v) is 5.82. The van der Waals surface area contributed by atoms with Gasteiger partial charge in [0.1, 0.15) is 11.5 Å². The Balaban J connectivity index is 1.89. The molecule has 0 atom stereocenters. The molecule has 116 valence electrons. The van der Waals surface area contributed by atoms with Crippen LogP contribution in [-0.2, 0) is 0 Å². The summed E-state index contributed by atoms with van der Waals surface area (Å²) in [5.41, 5.74) is 1.16. The van der Waals surface area contributed by atoms with Crippen LogP contribution in [0.15, 0.2) is 66.7 Å². The summed E-state index contributed by atoms with van der Waals surface area (Å²) in [6.45, 7) is 0. The topological polar surface area (TPSA) is 43.4 Å². The first kappa shape index (κ1) is 14.7. The van der Waals surface area contributed by atoms with Gasteiger partial charge in [-0.2, -0.15) is 0 Å². The lowest BCUT2D eigenvalue weighted by Gasteiger charge is -2.20. The third-order valence-electron chi connectivity index (χ3n) is 3.95. The number of carbonyl (C=O) groups is 2. The Morgan fingerprint density at radius 1 is 0.667 bits per heavy atom. The lowest BCUT2D eigenvalue weighted by Crippen LogP contribution is -2.22. The summed E-state index contributed by atoms with van der Waals surface area (Å²) in [5, 5.41) is 0.283. The molecule has 0 heterocycles. The highest BCUT2D eigenvalue weighted by Crippen LogP contribution is 2.37. The highest BCUT2D eigenvalue weighted by atomic mass is 35.5. The first-order valence-corrected chi connectivity index (χ1v) is 7.78. The molecule has 1 aliphatic carbocycles. The molecule has 0 bridgehead atoms. The number of hydrogen-bond donors (Lipinski definition) is 0. The molecule has 0 radical (unpaired) electrons. The number of benzene rings is 3. The van der Waals surface area contributed by atoms with Gasteiger partial charge in [-0.1, -0.05) is 54.1 Å². The minimum absolute atomic E-state index is 0.256. The third-order valence-corrected chi connectivity index (χ3v) is 4.27. The van der Waals surface area contributed by atoms with Crippen LogP contribution in [0.2, 0.25) is 5.02 Å². The molecule has 0 amide bonds. The normalized spacial score (nSPS) is 12.5. The van der Waals surface area contributed by atoms with E-state index in [2.05, 4.69) is 0 Å². The molecular formula is C20H11ClO3. The van der Waals surface area contributed by atoms with E-state index >= 15 is 0 Å². The molecule has 0 aliphatic heterocycles. The molecule has 0 N–H and O–H groups in total. The van der Waals surface area contributed by atoms with Crippen molar-refractivity contribution in [2.75, 3.05) is 0 Å². The second-order valence-electron chi connectivity index (χ2n) is 5.41. The van der Waals surface area contributed by atoms with Gasteiger partial charge in [0, 0.05) is 11.1 Å². The number of ketones is 2. The van der Waals surface area contributed by atoms with Crippen molar-refractivity contribution < 1.29 is 14.3 Å². The Morgan fingerprint density at radius 3 is 2.04 bits per heavy atom. The van der Waals surface area contributed by atoms with Gasteiger partial charge in [-0.25, -0.2) is 0 Å². The number of para-hydroxylation sites is 1. The van der Waals surface area contributed by atoms with Gasteiger partial charge in [-0.15, -0.1) is 0 Å². The summed E-state index contributed by atoms with van der Waals surface area (Å²) < 4.78 is 5.83. The van der Waals surface area contributed by atoms with Crippen molar-refractivity contribution in [1.82, 2.24) is 0 Å². The van der Waals surface area contributed by atoms with E-state index in [1.807, 2.05) is 18.2 Å². The molecule has 0 unspecified atom stereocenters. The highest BCUT2D eigenvalue weighted by molar-refractivity contribution is 6.39. The van der Waals surface area contributed by atoms with Gasteiger partial charge in [0.25, 0.3) is 0 Å². The molecule has 4 heteroatoms. The Bertz CT molecular complexity index is 977. The second kappa shape index (κ2) is 5.62. The number of rotatable bonds is 2. The zero-order valence-electron chi connectivity index (χ0n) is 12.5. The molecule has 0 saturated carbocycles. The molecule has 4 rings (SSSR count). The van der Waals surface area contributed by atoms with Crippen LogP contribution in [0.25, 0.3) is 0 Å². The van der Waals surface area contributed by atoms with Gasteiger partial charge < -0.3 is 4.74 Å². The van der Waals surface area contributed by atoms with Crippen LogP contribution in [0, 0.1) is 0 Å². The summed E-state index contributed by atoms with van der Waals surface area (Å²) >= 11 is 6.13. The van der Waals surface area contributed by atoms with Crippen molar-refractivity contribution in [2.24, 2.45) is 0 Å². The largest absolute Gasteiger partial charge is 0.457 e. The number of halogens is 1. The Morgan fingerprint density at radius 2 is 1.29 bits per heavy atom. The minimum Gasteiger partial charge on any atom is -0.457 e. The Labute approximate surface area is 143 Å². The molecule has 0 spiro atoms. The molecule has 0 aromatic heterocycles. The van der Waals surface area contributed by atoms with Crippen LogP contribution in [0.5, 0.6) is 11.5 Å². The monoisotopic (exact) mass is 334 g/mol. The van der Waals surface area contributed by atoms with Crippen molar-refractivity contribution in [1.29, 1.82) is 0 Å². The van der Waals surface area contributed by atoms with Crippen molar-refractivity contribution in [2.45, 2.75) is 0 Å². The zero-order valence-corrected chi connectivity index (χ0v) is 13.2. The van der Waals surface area contributed by atoms with Crippen molar-refractivity contribution in [3.63, 3.8) is 0 Å². The maximum atomic E-state index is 12.9. The average Bonchev–Trinajstić information content (AvgIpc) is 2.60. The zero-order chi connectivity index (χ0) is 16.7. The van der Waals surface area contributed by atoms with E-state index < -0.39 is 0 Å². The fourth-order valence-corrected chi connectivity index (χ4v) is 3.13. The first-order chi connectivity index (χ1) is 11.7. The van der Waals surface area contributed by atoms with Crippen molar-refractivity contribution >= 4 is 23.2 Å². The van der Waals surface area contributed by atoms with Crippen molar-refractivity contribution in [3.8, 4) is 11.5 Å². The summed E-state index contributed by atoms with van der Waals surface area (Å²) in [4.78, 5) is 25.7. The average molecular weight is 335 g/mol. The molecule has 0 fully saturated rings. The summed E-state index contributed by atoms with van der Waals surface area (Å²) in [6, 6.07) is 19.0. The maximum Gasteiger partial charge on any atom is 0.198 e. The number of fused-ring (bicyclic) bond motifs is 2. The maximum absolute atomic E-state index is 12.9. The Hall–Kier alpha value is -2.91. The van der Waals surface area contributed by atoms with Crippen LogP contribution in [0.4, 0.5) is 0 Å². The number of hydrogen-bond acceptors (Lipinski definition) is 3. The van der Waals surface area contributed by atoms with Crippen LogP contribution in [0.1, 0.15) is 31.8 Å². The molecule has 0 saturated heterocycles. The van der Waals surface area contributed by atoms with Gasteiger partial charge in [0.15, 0.2) is 11.6 Å². The number of ether oxygens (including phenoxy) is 1. The van der Waals surface area contributed by atoms with E-state index in [9.17, 15) is 9.59 Å². The fraction of sp³-hybridized carbons (Fsp3) is 0. The standard InChI is InChI=1S/C20H11ClO3/c21-15-10-4-8-13-17(15)19(22)14-9-5-11-16(18(14)20(13)23)24-12-6-2-1-3-7-12/h1-11H. The molecule has 3 aromatic rings. The number of carbonyl (C=O) groups excluding carboxylic acids is 2. The van der Waals surface area contributed by atoms with E-state index in [1.54, 1.807) is 48.5 Å². The fourth-order valence-electron chi connectivity index (χ4n) is 2.87. The molecular weight excluding hydrogens is 324 g/mol. The third kappa shape index (κ3) is 2.22. The van der Waals surface area contributed by atoms with Gasteiger partial charge in [0.05, 0.1) is 16.1 Å². The lowest BCUT2D eigenvalue weighted by atomic mass is 9.83. The van der Waals surface area contributed by atoms with Gasteiger partial charge in [-0.3, -0.25) is 9.59 Å². The smallest absolute Gasteiger partial charge is 0.198 e. The highest BCUT2D eigenvalue weighted by Gasteiger charge is 2.33. The predicted octanol–water partition coefficient (Wildman–Crippen LogP) is 4.91. The Kier molecular flexibility index (Phi) is 3.44. The summed E-state index contributed by atoms with van der Waals surface area (Å²) in [7, 11) is 0. The quantitative estimate of drug-likeness (QED) is 0.523. The van der Waals surface area contributed by atoms with Crippen LogP contribution in [0.3, 0.4) is 0 Å². The first-order valence-electron chi connectivity index (χ1n) is 7.40. The summed E-state index contributed by atoms with van der Waals surface area (Å²) in [5.74, 6) is 0.447. The van der Waals surface area contributed by atoms with Crippen LogP contribution >= 0.6 is 11.6 Å². The molecule has 3 aromatic carbocycles. The molecule has 24 heavy (non-hydrogen) atoms. The van der Waals surface area contributed by atoms with E-state index in [-0.39, 0.29) is 27.7 Å².